The number of ether oxygens (including phenoxy) is 2. The van der Waals surface area contributed by atoms with Crippen LogP contribution in [0.2, 0.25) is 0 Å². The number of rotatable bonds is 13. The van der Waals surface area contributed by atoms with Gasteiger partial charge in [-0.15, -0.1) is 0 Å². The second kappa shape index (κ2) is 19.8. The molecule has 9 aromatic rings. The van der Waals surface area contributed by atoms with Crippen molar-refractivity contribution in [3.05, 3.63) is 167 Å². The van der Waals surface area contributed by atoms with Crippen molar-refractivity contribution in [1.29, 1.82) is 0 Å². The number of nitrogens with one attached hydrogen (secondary N) is 1. The van der Waals surface area contributed by atoms with Crippen LogP contribution in [0.1, 0.15) is 150 Å². The van der Waals surface area contributed by atoms with E-state index in [1.54, 1.807) is 6.92 Å². The SMILES string of the molecule is CC1CC(=O)N(CCCC(=O)Nc2ccc(-c3ccc4c5c(Oc6ccc(C(C)(C)C)cc6)cc6c7c(cc(Oc8ccc(C(C)(C)C)cc8)c(c8cccc3c84)c75)C(=O)N(c3c(C(C)C)cccc3C(C)C)C6=O)cc2)C1=O. The molecule has 400 valence electrons. The summed E-state index contributed by atoms with van der Waals surface area (Å²) in [5, 5.41) is 9.36. The van der Waals surface area contributed by atoms with Crippen LogP contribution in [0, 0.1) is 5.92 Å². The summed E-state index contributed by atoms with van der Waals surface area (Å²) in [7, 11) is 0. The van der Waals surface area contributed by atoms with E-state index in [2.05, 4.69) is 123 Å². The summed E-state index contributed by atoms with van der Waals surface area (Å²) in [6.07, 6.45) is 0.745. The molecule has 2 aliphatic heterocycles. The number of likely N-dealkylation sites (tertiary alicyclic amines) is 1. The molecule has 10 heteroatoms. The van der Waals surface area contributed by atoms with Gasteiger partial charge in [0.2, 0.25) is 17.7 Å². The zero-order chi connectivity index (χ0) is 56.0. The summed E-state index contributed by atoms with van der Waals surface area (Å²) in [5.41, 5.74) is 7.73. The quantitative estimate of drug-likeness (QED) is 0.0693. The molecular formula is C69H67N3O7. The van der Waals surface area contributed by atoms with E-state index in [1.807, 2.05) is 84.9 Å². The average molecular weight is 1050 g/mol. The molecule has 10 nitrogen and oxygen atoms in total. The van der Waals surface area contributed by atoms with Crippen molar-refractivity contribution in [3.8, 4) is 34.1 Å². The van der Waals surface area contributed by atoms with E-state index in [0.29, 0.717) is 62.7 Å². The number of anilines is 2. The molecule has 11 rings (SSSR count). The highest BCUT2D eigenvalue weighted by atomic mass is 16.5. The van der Waals surface area contributed by atoms with E-state index in [9.17, 15) is 14.4 Å². The fraction of sp³-hybridized carbons (Fsp3) is 0.290. The number of nitrogens with zero attached hydrogens (tertiary/aromatic N) is 2. The van der Waals surface area contributed by atoms with Crippen molar-refractivity contribution in [3.63, 3.8) is 0 Å². The molecule has 0 bridgehead atoms. The highest BCUT2D eigenvalue weighted by molar-refractivity contribution is 6.44. The molecule has 1 unspecified atom stereocenters. The van der Waals surface area contributed by atoms with Gasteiger partial charge in [0, 0.05) is 52.5 Å². The van der Waals surface area contributed by atoms with Gasteiger partial charge in [-0.05, 0) is 133 Å². The maximum Gasteiger partial charge on any atom is 0.266 e. The molecule has 9 aromatic carbocycles. The van der Waals surface area contributed by atoms with Crippen molar-refractivity contribution >= 4 is 84.0 Å². The second-order valence-corrected chi connectivity index (χ2v) is 24.2. The second-order valence-electron chi connectivity index (χ2n) is 24.2. The fourth-order valence-electron chi connectivity index (χ4n) is 11.7. The first-order valence-electron chi connectivity index (χ1n) is 27.7. The molecule has 5 amide bonds. The van der Waals surface area contributed by atoms with Crippen LogP contribution < -0.4 is 19.7 Å². The van der Waals surface area contributed by atoms with E-state index in [4.69, 9.17) is 9.47 Å². The molecule has 0 saturated carbocycles. The summed E-state index contributed by atoms with van der Waals surface area (Å²) in [6.45, 7) is 23.4. The predicted molar refractivity (Wildman–Crippen MR) is 318 cm³/mol. The lowest BCUT2D eigenvalue weighted by molar-refractivity contribution is -0.139. The predicted octanol–water partition coefficient (Wildman–Crippen LogP) is 16.7. The highest BCUT2D eigenvalue weighted by Crippen LogP contribution is 2.54. The Bertz CT molecular complexity index is 3790. The zero-order valence-electron chi connectivity index (χ0n) is 47.0. The van der Waals surface area contributed by atoms with Gasteiger partial charge < -0.3 is 14.8 Å². The lowest BCUT2D eigenvalue weighted by atomic mass is 9.82. The van der Waals surface area contributed by atoms with Gasteiger partial charge in [-0.3, -0.25) is 28.9 Å². The third-order valence-electron chi connectivity index (χ3n) is 16.0. The topological polar surface area (TPSA) is 122 Å². The number of fused-ring (bicyclic) bond motifs is 2. The molecule has 1 fully saturated rings. The van der Waals surface area contributed by atoms with Crippen LogP contribution in [-0.2, 0) is 25.2 Å². The van der Waals surface area contributed by atoms with Crippen molar-refractivity contribution in [2.45, 2.75) is 118 Å². The summed E-state index contributed by atoms with van der Waals surface area (Å²) in [5.74, 6) is 0.385. The molecule has 1 atom stereocenters. The van der Waals surface area contributed by atoms with Crippen LogP contribution in [0.15, 0.2) is 133 Å². The lowest BCUT2D eigenvalue weighted by Gasteiger charge is -2.33. The van der Waals surface area contributed by atoms with Crippen molar-refractivity contribution < 1.29 is 33.4 Å². The number of amides is 5. The van der Waals surface area contributed by atoms with Crippen LogP contribution in [0.5, 0.6) is 23.0 Å². The van der Waals surface area contributed by atoms with Gasteiger partial charge in [0.15, 0.2) is 0 Å². The average Bonchev–Trinajstić information content (AvgIpc) is 2.78. The molecule has 2 heterocycles. The first-order chi connectivity index (χ1) is 37.6. The maximum absolute atomic E-state index is 15.8. The standard InChI is InChI=1S/C69H67N3O7/c1-38(2)47-15-12-16-48(39(3)4)64(47)72-66(76)53-36-55(78-45-28-22-42(23-29-45)68(6,7)8)61-51-18-13-17-50-49(41-20-26-44(27-21-41)70-57(73)19-14-34-71-58(74)35-40(5)65(71)75)32-33-52(59(50)51)62-56(37-54(67(72)77)60(53)63(61)62)79-46-30-24-43(25-31-46)69(9,10)11/h12-13,15-18,20-33,36-40H,14,19,34-35H2,1-11H3,(H,70,73). The number of benzene rings is 9. The molecule has 0 aliphatic carbocycles. The number of carbonyl (C=O) groups excluding carboxylic acids is 5. The Kier molecular flexibility index (Phi) is 13.2. The smallest absolute Gasteiger partial charge is 0.266 e. The fourth-order valence-corrected chi connectivity index (χ4v) is 11.7. The van der Waals surface area contributed by atoms with Gasteiger partial charge in [-0.2, -0.15) is 0 Å². The summed E-state index contributed by atoms with van der Waals surface area (Å²) in [4.78, 5) is 72.1. The van der Waals surface area contributed by atoms with Crippen LogP contribution in [0.25, 0.3) is 54.2 Å². The summed E-state index contributed by atoms with van der Waals surface area (Å²) < 4.78 is 14.2. The van der Waals surface area contributed by atoms with Crippen LogP contribution in [-0.4, -0.2) is 41.0 Å². The molecule has 2 aliphatic rings. The monoisotopic (exact) mass is 1050 g/mol. The van der Waals surface area contributed by atoms with E-state index >= 15 is 9.59 Å². The normalized spacial score (nSPS) is 15.1. The van der Waals surface area contributed by atoms with Crippen molar-refractivity contribution in [2.75, 3.05) is 16.8 Å². The molecule has 1 N–H and O–H groups in total. The Morgan fingerprint density at radius 3 is 1.58 bits per heavy atom. The largest absolute Gasteiger partial charge is 0.457 e. The Morgan fingerprint density at radius 2 is 1.09 bits per heavy atom. The van der Waals surface area contributed by atoms with Crippen LogP contribution in [0.3, 0.4) is 0 Å². The van der Waals surface area contributed by atoms with E-state index in [0.717, 1.165) is 65.7 Å². The van der Waals surface area contributed by atoms with Gasteiger partial charge in [-0.25, -0.2) is 4.90 Å². The minimum atomic E-state index is -0.423. The maximum atomic E-state index is 15.8. The van der Waals surface area contributed by atoms with Gasteiger partial charge in [0.05, 0.1) is 16.8 Å². The van der Waals surface area contributed by atoms with Gasteiger partial charge >= 0.3 is 0 Å². The Balaban J connectivity index is 1.11. The molecule has 0 radical (unpaired) electrons. The van der Waals surface area contributed by atoms with Crippen molar-refractivity contribution in [1.82, 2.24) is 4.90 Å². The number of hydrogen-bond donors (Lipinski definition) is 1. The summed E-state index contributed by atoms with van der Waals surface area (Å²) in [6, 6.07) is 44.1. The molecular weight excluding hydrogens is 983 g/mol. The molecule has 1 saturated heterocycles. The number of carbonyl (C=O) groups is 5. The van der Waals surface area contributed by atoms with Gasteiger partial charge in [0.1, 0.15) is 23.0 Å². The Morgan fingerprint density at radius 1 is 0.582 bits per heavy atom. The molecule has 0 spiro atoms. The first-order valence-corrected chi connectivity index (χ1v) is 27.7. The Hall–Kier alpha value is -8.37. The summed E-state index contributed by atoms with van der Waals surface area (Å²) >= 11 is 0. The first kappa shape index (κ1) is 52.7. The third kappa shape index (κ3) is 9.34. The number of imide groups is 2. The zero-order valence-corrected chi connectivity index (χ0v) is 47.0. The van der Waals surface area contributed by atoms with E-state index in [-0.39, 0.29) is 65.7 Å². The highest BCUT2D eigenvalue weighted by Gasteiger charge is 2.41. The van der Waals surface area contributed by atoms with Crippen molar-refractivity contribution in [2.24, 2.45) is 5.92 Å². The van der Waals surface area contributed by atoms with Crippen LogP contribution >= 0.6 is 0 Å². The minimum absolute atomic E-state index is 0.00467. The number of para-hydroxylation sites is 1. The Labute approximate surface area is 462 Å². The molecule has 79 heavy (non-hydrogen) atoms. The van der Waals surface area contributed by atoms with Gasteiger partial charge in [-0.1, -0.05) is 161 Å². The van der Waals surface area contributed by atoms with Gasteiger partial charge in [0.25, 0.3) is 11.8 Å². The van der Waals surface area contributed by atoms with E-state index < -0.39 is 11.8 Å². The number of hydrogen-bond acceptors (Lipinski definition) is 7. The van der Waals surface area contributed by atoms with Crippen LogP contribution in [0.4, 0.5) is 11.4 Å². The third-order valence-corrected chi connectivity index (χ3v) is 16.0. The van der Waals surface area contributed by atoms with E-state index in [1.165, 1.54) is 9.80 Å². The minimum Gasteiger partial charge on any atom is -0.457 e. The molecule has 0 aromatic heterocycles. The lowest BCUT2D eigenvalue weighted by Crippen LogP contribution is -2.42.